The summed E-state index contributed by atoms with van der Waals surface area (Å²) in [4.78, 5) is 0. The molecule has 0 bridgehead atoms. The highest BCUT2D eigenvalue weighted by atomic mass is 29.5. The van der Waals surface area contributed by atoms with Crippen LogP contribution in [0.5, 0.6) is 0 Å². The minimum atomic E-state index is -0.337. The van der Waals surface area contributed by atoms with Gasteiger partial charge in [0, 0.05) is 23.5 Å². The summed E-state index contributed by atoms with van der Waals surface area (Å²) >= 11 is 0. The van der Waals surface area contributed by atoms with Gasteiger partial charge in [0.05, 0.1) is 6.26 Å². The minimum absolute atomic E-state index is 0.0206. The second-order valence-corrected chi connectivity index (χ2v) is 19.1. The standard InChI is InChI=1S/C7H14O2Si3/c1-2-7(8-3-1)6-12-5-4-9-10-11-12/h1-3,12H,4-6,10-11H2. The fraction of sp³-hybridized carbons (Fsp3) is 0.429. The van der Waals surface area contributed by atoms with Crippen molar-refractivity contribution in [3.05, 3.63) is 24.2 Å². The highest BCUT2D eigenvalue weighted by Gasteiger charge is 2.17. The zero-order valence-electron chi connectivity index (χ0n) is 7.16. The van der Waals surface area contributed by atoms with Crippen LogP contribution in [0.4, 0.5) is 0 Å². The SMILES string of the molecule is c1coc(C[SiH]2CCO[SiH2][SiH2]2)c1. The maximum absolute atomic E-state index is 5.52. The van der Waals surface area contributed by atoms with Crippen LogP contribution in [0.15, 0.2) is 22.8 Å². The molecule has 0 saturated carbocycles. The van der Waals surface area contributed by atoms with Gasteiger partial charge in [0.2, 0.25) is 0 Å². The molecule has 12 heavy (non-hydrogen) atoms. The second-order valence-electron chi connectivity index (χ2n) is 3.34. The molecule has 5 heteroatoms. The van der Waals surface area contributed by atoms with Crippen molar-refractivity contribution in [1.82, 2.24) is 0 Å². The quantitative estimate of drug-likeness (QED) is 0.607. The van der Waals surface area contributed by atoms with Gasteiger partial charge in [-0.25, -0.2) is 0 Å². The molecule has 1 atom stereocenters. The first-order valence-corrected chi connectivity index (χ1v) is 14.0. The molecule has 1 fully saturated rings. The van der Waals surface area contributed by atoms with E-state index in [1.807, 2.05) is 6.07 Å². The molecular formula is C7H14O2Si3. The van der Waals surface area contributed by atoms with Gasteiger partial charge in [-0.2, -0.15) is 0 Å². The van der Waals surface area contributed by atoms with Crippen LogP contribution in [0, 0.1) is 0 Å². The van der Waals surface area contributed by atoms with E-state index in [4.69, 9.17) is 8.84 Å². The molecule has 0 aromatic carbocycles. The van der Waals surface area contributed by atoms with Gasteiger partial charge in [-0.3, -0.25) is 0 Å². The Labute approximate surface area is 78.3 Å². The Bertz CT molecular complexity index is 219. The van der Waals surface area contributed by atoms with Gasteiger partial charge in [-0.05, 0) is 24.2 Å². The van der Waals surface area contributed by atoms with Crippen molar-refractivity contribution in [3.63, 3.8) is 0 Å². The topological polar surface area (TPSA) is 22.4 Å². The number of hydrogen-bond acceptors (Lipinski definition) is 2. The molecule has 1 aromatic heterocycles. The highest BCUT2D eigenvalue weighted by Crippen LogP contribution is 2.07. The van der Waals surface area contributed by atoms with E-state index in [1.54, 1.807) is 6.26 Å². The maximum Gasteiger partial charge on any atom is 0.140 e. The predicted octanol–water partition coefficient (Wildman–Crippen LogP) is -0.717. The summed E-state index contributed by atoms with van der Waals surface area (Å²) in [6.45, 7) is 1.08. The van der Waals surface area contributed by atoms with Gasteiger partial charge in [-0.15, -0.1) is 0 Å². The first kappa shape index (κ1) is 8.49. The molecule has 0 radical (unpaired) electrons. The summed E-state index contributed by atoms with van der Waals surface area (Å²) in [5, 5.41) is 0. The molecule has 2 heterocycles. The third-order valence-electron chi connectivity index (χ3n) is 2.41. The van der Waals surface area contributed by atoms with Crippen molar-refractivity contribution in [3.8, 4) is 0 Å². The van der Waals surface area contributed by atoms with E-state index in [1.165, 1.54) is 17.8 Å². The van der Waals surface area contributed by atoms with Crippen LogP contribution in [0.25, 0.3) is 0 Å². The lowest BCUT2D eigenvalue weighted by Crippen LogP contribution is -2.37. The molecule has 1 saturated heterocycles. The first-order chi connectivity index (χ1) is 5.95. The molecule has 2 nitrogen and oxygen atoms in total. The van der Waals surface area contributed by atoms with Crippen LogP contribution >= 0.6 is 0 Å². The second kappa shape index (κ2) is 4.22. The molecule has 0 N–H and O–H groups in total. The van der Waals surface area contributed by atoms with E-state index >= 15 is 0 Å². The first-order valence-electron chi connectivity index (χ1n) is 4.55. The lowest BCUT2D eigenvalue weighted by molar-refractivity contribution is 0.366. The maximum atomic E-state index is 5.52. The summed E-state index contributed by atoms with van der Waals surface area (Å²) in [5.41, 5.74) is 0. The number of furan rings is 1. The summed E-state index contributed by atoms with van der Waals surface area (Å²) in [7, 11) is -0.0206. The summed E-state index contributed by atoms with van der Waals surface area (Å²) in [6.07, 6.45) is 1.79. The smallest absolute Gasteiger partial charge is 0.140 e. The van der Waals surface area contributed by atoms with Gasteiger partial charge >= 0.3 is 0 Å². The van der Waals surface area contributed by atoms with E-state index in [2.05, 4.69) is 6.07 Å². The van der Waals surface area contributed by atoms with Crippen LogP contribution in [-0.4, -0.2) is 32.8 Å². The van der Waals surface area contributed by atoms with Gasteiger partial charge in [0.25, 0.3) is 0 Å². The molecule has 1 aliphatic rings. The zero-order valence-corrected chi connectivity index (χ0v) is 11.1. The van der Waals surface area contributed by atoms with Crippen molar-refractivity contribution in [2.75, 3.05) is 6.61 Å². The third kappa shape index (κ3) is 2.19. The Hall–Kier alpha value is -0.109. The average Bonchev–Trinajstić information content (AvgIpc) is 2.59. The van der Waals surface area contributed by atoms with Crippen molar-refractivity contribution in [2.45, 2.75) is 12.1 Å². The Morgan fingerprint density at radius 1 is 1.58 bits per heavy atom. The number of hydrogen-bond donors (Lipinski definition) is 0. The van der Waals surface area contributed by atoms with Crippen molar-refractivity contribution in [2.24, 2.45) is 0 Å². The summed E-state index contributed by atoms with van der Waals surface area (Å²) in [5.74, 6) is 1.23. The third-order valence-corrected chi connectivity index (χ3v) is 21.7. The average molecular weight is 214 g/mol. The molecule has 0 aliphatic carbocycles. The van der Waals surface area contributed by atoms with Crippen molar-refractivity contribution >= 4 is 26.1 Å². The Morgan fingerprint density at radius 2 is 2.58 bits per heavy atom. The van der Waals surface area contributed by atoms with Gasteiger partial charge in [0.1, 0.15) is 15.0 Å². The van der Waals surface area contributed by atoms with E-state index in [-0.39, 0.29) is 17.6 Å². The normalized spacial score (nSPS) is 28.2. The molecular weight excluding hydrogens is 200 g/mol. The summed E-state index contributed by atoms with van der Waals surface area (Å²) in [6, 6.07) is 6.86. The van der Waals surface area contributed by atoms with Gasteiger partial charge < -0.3 is 8.84 Å². The lowest BCUT2D eigenvalue weighted by Gasteiger charge is -2.18. The molecule has 0 spiro atoms. The van der Waals surface area contributed by atoms with Crippen LogP contribution in [0.3, 0.4) is 0 Å². The Balaban J connectivity index is 1.86. The molecule has 0 amide bonds. The molecule has 1 unspecified atom stereocenters. The zero-order chi connectivity index (χ0) is 8.23. The van der Waals surface area contributed by atoms with Crippen LogP contribution < -0.4 is 0 Å². The van der Waals surface area contributed by atoms with Crippen LogP contribution in [0.1, 0.15) is 5.76 Å². The fourth-order valence-electron chi connectivity index (χ4n) is 1.66. The van der Waals surface area contributed by atoms with Crippen LogP contribution in [0.2, 0.25) is 6.04 Å². The largest absolute Gasteiger partial charge is 0.470 e. The van der Waals surface area contributed by atoms with Gasteiger partial charge in [0.15, 0.2) is 0 Å². The van der Waals surface area contributed by atoms with Crippen LogP contribution in [-0.2, 0) is 10.5 Å². The highest BCUT2D eigenvalue weighted by molar-refractivity contribution is 7.34. The predicted molar refractivity (Wildman–Crippen MR) is 57.4 cm³/mol. The monoisotopic (exact) mass is 214 g/mol. The molecule has 1 aromatic rings. The Kier molecular flexibility index (Phi) is 2.98. The van der Waals surface area contributed by atoms with E-state index in [9.17, 15) is 0 Å². The van der Waals surface area contributed by atoms with E-state index in [0.717, 1.165) is 6.61 Å². The minimum Gasteiger partial charge on any atom is -0.470 e. The van der Waals surface area contributed by atoms with E-state index < -0.39 is 0 Å². The molecule has 2 rings (SSSR count). The van der Waals surface area contributed by atoms with Crippen molar-refractivity contribution < 1.29 is 8.84 Å². The lowest BCUT2D eigenvalue weighted by atomic mass is 10.5. The summed E-state index contributed by atoms with van der Waals surface area (Å²) < 4.78 is 10.9. The number of rotatable bonds is 2. The fourth-order valence-corrected chi connectivity index (χ4v) is 18.7. The van der Waals surface area contributed by atoms with Crippen molar-refractivity contribution in [1.29, 1.82) is 0 Å². The van der Waals surface area contributed by atoms with Gasteiger partial charge in [-0.1, -0.05) is 0 Å². The molecule has 66 valence electrons. The Morgan fingerprint density at radius 3 is 3.25 bits per heavy atom. The molecule has 1 aliphatic heterocycles. The van der Waals surface area contributed by atoms with E-state index in [0.29, 0.717) is 8.55 Å².